The summed E-state index contributed by atoms with van der Waals surface area (Å²) in [4.78, 5) is 15.9. The number of benzene rings is 11. The first kappa shape index (κ1) is 36.9. The Kier molecular flexibility index (Phi) is 8.50. The molecular formula is C61H38N4. The van der Waals surface area contributed by atoms with Crippen molar-refractivity contribution >= 4 is 64.9 Å². The lowest BCUT2D eigenvalue weighted by Crippen LogP contribution is -2.02. The zero-order valence-electron chi connectivity index (χ0n) is 35.2. The van der Waals surface area contributed by atoms with Gasteiger partial charge in [0.15, 0.2) is 17.5 Å². The zero-order chi connectivity index (χ0) is 42.8. The second kappa shape index (κ2) is 15.0. The molecule has 11 aromatic carbocycles. The van der Waals surface area contributed by atoms with E-state index >= 15 is 0 Å². The van der Waals surface area contributed by atoms with Gasteiger partial charge in [0.1, 0.15) is 0 Å². The first-order valence-electron chi connectivity index (χ1n) is 22.1. The largest absolute Gasteiger partial charge is 0.308 e. The molecule has 0 atom stereocenters. The smallest absolute Gasteiger partial charge is 0.164 e. The molecule has 4 heteroatoms. The van der Waals surface area contributed by atoms with Crippen molar-refractivity contribution in [2.24, 2.45) is 0 Å². The van der Waals surface area contributed by atoms with E-state index in [9.17, 15) is 0 Å². The number of nitrogens with zero attached hydrogens (tertiary/aromatic N) is 4. The van der Waals surface area contributed by atoms with Crippen LogP contribution in [0, 0.1) is 0 Å². The van der Waals surface area contributed by atoms with Crippen molar-refractivity contribution in [1.82, 2.24) is 19.5 Å². The Hall–Kier alpha value is -8.73. The molecule has 4 nitrogen and oxygen atoms in total. The summed E-state index contributed by atoms with van der Waals surface area (Å²) in [5.74, 6) is 1.88. The molecule has 0 aliphatic carbocycles. The van der Waals surface area contributed by atoms with Crippen LogP contribution >= 0.6 is 0 Å². The average Bonchev–Trinajstić information content (AvgIpc) is 3.71. The summed E-state index contributed by atoms with van der Waals surface area (Å²) in [6, 6.07) is 82.5. The van der Waals surface area contributed by atoms with E-state index in [4.69, 9.17) is 15.0 Å². The summed E-state index contributed by atoms with van der Waals surface area (Å²) in [7, 11) is 0. The van der Waals surface area contributed by atoms with Gasteiger partial charge in [-0.15, -0.1) is 0 Å². The van der Waals surface area contributed by atoms with Crippen LogP contribution in [0.4, 0.5) is 0 Å². The molecule has 0 unspecified atom stereocenters. The van der Waals surface area contributed by atoms with Crippen LogP contribution in [0.2, 0.25) is 0 Å². The van der Waals surface area contributed by atoms with Crippen LogP contribution in [0.25, 0.3) is 127 Å². The summed E-state index contributed by atoms with van der Waals surface area (Å²) in [6.45, 7) is 0. The fourth-order valence-electron chi connectivity index (χ4n) is 9.88. The van der Waals surface area contributed by atoms with Gasteiger partial charge in [0.25, 0.3) is 0 Å². The van der Waals surface area contributed by atoms with Gasteiger partial charge in [0, 0.05) is 38.2 Å². The molecule has 302 valence electrons. The van der Waals surface area contributed by atoms with Gasteiger partial charge in [-0.25, -0.2) is 15.0 Å². The number of fused-ring (bicyclic) bond motifs is 8. The molecule has 13 rings (SSSR count). The van der Waals surface area contributed by atoms with Crippen LogP contribution in [0.3, 0.4) is 0 Å². The predicted octanol–water partition coefficient (Wildman–Crippen LogP) is 15.9. The molecule has 0 saturated heterocycles. The van der Waals surface area contributed by atoms with E-state index in [2.05, 4.69) is 217 Å². The van der Waals surface area contributed by atoms with Crippen LogP contribution in [0.1, 0.15) is 0 Å². The van der Waals surface area contributed by atoms with Crippen LogP contribution in [-0.4, -0.2) is 19.5 Å². The highest BCUT2D eigenvalue weighted by Crippen LogP contribution is 2.43. The monoisotopic (exact) mass is 826 g/mol. The van der Waals surface area contributed by atoms with Gasteiger partial charge in [-0.05, 0) is 91.0 Å². The maximum atomic E-state index is 5.39. The van der Waals surface area contributed by atoms with Crippen molar-refractivity contribution < 1.29 is 0 Å². The minimum Gasteiger partial charge on any atom is -0.308 e. The minimum absolute atomic E-state index is 0.618. The van der Waals surface area contributed by atoms with Crippen molar-refractivity contribution in [3.8, 4) is 62.1 Å². The van der Waals surface area contributed by atoms with Crippen LogP contribution in [0.5, 0.6) is 0 Å². The Morgan fingerprint density at radius 2 is 0.800 bits per heavy atom. The highest BCUT2D eigenvalue weighted by atomic mass is 15.0. The second-order valence-electron chi connectivity index (χ2n) is 16.8. The highest BCUT2D eigenvalue weighted by Gasteiger charge is 2.22. The minimum atomic E-state index is 0.618. The first-order chi connectivity index (χ1) is 32.2. The lowest BCUT2D eigenvalue weighted by Gasteiger charge is -2.17. The summed E-state index contributed by atoms with van der Waals surface area (Å²) >= 11 is 0. The molecule has 2 heterocycles. The van der Waals surface area contributed by atoms with E-state index in [-0.39, 0.29) is 0 Å². The Bertz CT molecular complexity index is 4000. The van der Waals surface area contributed by atoms with Gasteiger partial charge in [-0.3, -0.25) is 0 Å². The van der Waals surface area contributed by atoms with Gasteiger partial charge in [0.2, 0.25) is 0 Å². The molecule has 0 N–H and O–H groups in total. The molecule has 0 saturated carbocycles. The van der Waals surface area contributed by atoms with E-state index in [1.54, 1.807) is 0 Å². The van der Waals surface area contributed by atoms with Crippen molar-refractivity contribution in [3.63, 3.8) is 0 Å². The van der Waals surface area contributed by atoms with E-state index in [0.717, 1.165) is 60.6 Å². The van der Waals surface area contributed by atoms with Crippen LogP contribution < -0.4 is 0 Å². The maximum Gasteiger partial charge on any atom is 0.164 e. The third-order valence-electron chi connectivity index (χ3n) is 13.0. The summed E-state index contributed by atoms with van der Waals surface area (Å²) in [6.07, 6.45) is 0. The van der Waals surface area contributed by atoms with Gasteiger partial charge in [0.05, 0.1) is 16.7 Å². The molecular weight excluding hydrogens is 789 g/mol. The lowest BCUT2D eigenvalue weighted by molar-refractivity contribution is 1.08. The number of aromatic nitrogens is 4. The fourth-order valence-corrected chi connectivity index (χ4v) is 9.88. The van der Waals surface area contributed by atoms with Crippen molar-refractivity contribution in [1.29, 1.82) is 0 Å². The van der Waals surface area contributed by atoms with Gasteiger partial charge < -0.3 is 4.57 Å². The molecule has 0 amide bonds. The summed E-state index contributed by atoms with van der Waals surface area (Å²) in [5.41, 5.74) is 10.9. The fraction of sp³-hybridized carbons (Fsp3) is 0. The quantitative estimate of drug-likeness (QED) is 0.168. The summed E-state index contributed by atoms with van der Waals surface area (Å²) in [5, 5.41) is 11.7. The second-order valence-corrected chi connectivity index (χ2v) is 16.8. The van der Waals surface area contributed by atoms with E-state index in [1.807, 2.05) is 18.2 Å². The standard InChI is InChI=1S/C61H38N4/c1-3-15-39(16-4-1)43-24-13-25-44(35-43)47-30-31-50-54(36-47)53(61-63-59(42-19-5-2-6-20-42)62-60(64-61)52-28-14-23-40-17-9-11-26-48(40)52)33-34-56(50)65-57-38-46-22-8-7-21-45(46)37-55(57)51-32-29-41-18-10-12-27-49(41)58(51)65/h1-38H. The molecule has 0 aliphatic heterocycles. The molecule has 0 spiro atoms. The maximum absolute atomic E-state index is 5.39. The Morgan fingerprint density at radius 1 is 0.262 bits per heavy atom. The third kappa shape index (κ3) is 6.18. The molecule has 0 aliphatic rings. The highest BCUT2D eigenvalue weighted by molar-refractivity contribution is 6.21. The number of rotatable bonds is 6. The summed E-state index contributed by atoms with van der Waals surface area (Å²) < 4.78 is 2.49. The normalized spacial score (nSPS) is 11.7. The SMILES string of the molecule is c1ccc(-c2cccc(-c3ccc4c(-n5c6cc7ccccc7cc6c6ccc7ccccc7c65)ccc(-c5nc(-c6ccccc6)nc(-c6cccc7ccccc67)n5)c4c3)c2)cc1. The first-order valence-corrected chi connectivity index (χ1v) is 22.1. The van der Waals surface area contributed by atoms with Crippen LogP contribution in [-0.2, 0) is 0 Å². The van der Waals surface area contributed by atoms with Crippen molar-refractivity contribution in [2.75, 3.05) is 0 Å². The lowest BCUT2D eigenvalue weighted by atomic mass is 9.94. The van der Waals surface area contributed by atoms with E-state index in [1.165, 1.54) is 49.0 Å². The van der Waals surface area contributed by atoms with Crippen molar-refractivity contribution in [3.05, 3.63) is 231 Å². The molecule has 65 heavy (non-hydrogen) atoms. The van der Waals surface area contributed by atoms with Gasteiger partial charge >= 0.3 is 0 Å². The molecule has 0 radical (unpaired) electrons. The Balaban J connectivity index is 1.12. The van der Waals surface area contributed by atoms with Crippen LogP contribution in [0.15, 0.2) is 231 Å². The van der Waals surface area contributed by atoms with Crippen molar-refractivity contribution in [2.45, 2.75) is 0 Å². The Morgan fingerprint density at radius 3 is 1.57 bits per heavy atom. The van der Waals surface area contributed by atoms with E-state index in [0.29, 0.717) is 17.5 Å². The predicted molar refractivity (Wildman–Crippen MR) is 271 cm³/mol. The molecule has 0 fully saturated rings. The van der Waals surface area contributed by atoms with Gasteiger partial charge in [-0.2, -0.15) is 0 Å². The average molecular weight is 827 g/mol. The third-order valence-corrected chi connectivity index (χ3v) is 13.0. The number of hydrogen-bond acceptors (Lipinski definition) is 3. The van der Waals surface area contributed by atoms with E-state index < -0.39 is 0 Å². The molecule has 13 aromatic rings. The van der Waals surface area contributed by atoms with Gasteiger partial charge in [-0.1, -0.05) is 194 Å². The topological polar surface area (TPSA) is 43.6 Å². The molecule has 0 bridgehead atoms. The molecule has 2 aromatic heterocycles. The Labute approximate surface area is 375 Å². The zero-order valence-corrected chi connectivity index (χ0v) is 35.2. The number of hydrogen-bond donors (Lipinski definition) is 0.